The van der Waals surface area contributed by atoms with E-state index in [0.717, 1.165) is 4.57 Å². The van der Waals surface area contributed by atoms with E-state index < -0.39 is 11.1 Å². The van der Waals surface area contributed by atoms with E-state index in [2.05, 4.69) is 10.3 Å². The molecule has 0 fully saturated rings. The van der Waals surface area contributed by atoms with Crippen LogP contribution in [-0.2, 0) is 16.1 Å². The first-order valence-corrected chi connectivity index (χ1v) is 6.11. The van der Waals surface area contributed by atoms with Crippen LogP contribution in [0, 0.1) is 0 Å². The Morgan fingerprint density at radius 3 is 2.85 bits per heavy atom. The molecular formula is C13H15N3O4. The van der Waals surface area contributed by atoms with Crippen molar-refractivity contribution in [2.24, 2.45) is 0 Å². The quantitative estimate of drug-likeness (QED) is 0.566. The zero-order valence-electron chi connectivity index (χ0n) is 11.0. The minimum Gasteiger partial charge on any atom is -0.383 e. The topological polar surface area (TPSA) is 93.2 Å². The van der Waals surface area contributed by atoms with Crippen molar-refractivity contribution in [1.29, 1.82) is 0 Å². The highest BCUT2D eigenvalue weighted by atomic mass is 16.5. The zero-order chi connectivity index (χ0) is 14.5. The van der Waals surface area contributed by atoms with E-state index in [0.29, 0.717) is 24.2 Å². The standard InChI is InChI=1S/C13H15N3O4/c1-20-7-6-14-11(17)8-16-10-5-3-2-4-9(10)15-12(18)13(16)19/h2-5H,6-8H2,1H3,(H,14,17)(H,15,18). The molecule has 106 valence electrons. The molecule has 7 heteroatoms. The number of hydrogen-bond acceptors (Lipinski definition) is 4. The number of aromatic nitrogens is 2. The van der Waals surface area contributed by atoms with Gasteiger partial charge in [0.1, 0.15) is 6.54 Å². The molecule has 2 rings (SSSR count). The Morgan fingerprint density at radius 1 is 1.35 bits per heavy atom. The smallest absolute Gasteiger partial charge is 0.317 e. The third-order valence-corrected chi connectivity index (χ3v) is 2.81. The first-order valence-electron chi connectivity index (χ1n) is 6.11. The molecule has 2 N–H and O–H groups in total. The average molecular weight is 277 g/mol. The fraction of sp³-hybridized carbons (Fsp3) is 0.308. The number of hydrogen-bond donors (Lipinski definition) is 2. The maximum Gasteiger partial charge on any atom is 0.317 e. The van der Waals surface area contributed by atoms with Crippen LogP contribution in [-0.4, -0.2) is 35.7 Å². The van der Waals surface area contributed by atoms with Crippen LogP contribution in [0.25, 0.3) is 11.0 Å². The highest BCUT2D eigenvalue weighted by molar-refractivity contribution is 5.79. The number of nitrogens with one attached hydrogen (secondary N) is 2. The van der Waals surface area contributed by atoms with E-state index in [9.17, 15) is 14.4 Å². The number of carbonyl (C=O) groups excluding carboxylic acids is 1. The second-order valence-electron chi connectivity index (χ2n) is 4.21. The summed E-state index contributed by atoms with van der Waals surface area (Å²) >= 11 is 0. The minimum absolute atomic E-state index is 0.201. The van der Waals surface area contributed by atoms with Crippen LogP contribution < -0.4 is 16.4 Å². The summed E-state index contributed by atoms with van der Waals surface area (Å²) < 4.78 is 5.98. The number of fused-ring (bicyclic) bond motifs is 1. The van der Waals surface area contributed by atoms with Gasteiger partial charge in [-0.2, -0.15) is 0 Å². The summed E-state index contributed by atoms with van der Waals surface area (Å²) in [4.78, 5) is 37.7. The fourth-order valence-corrected chi connectivity index (χ4v) is 1.87. The Hall–Kier alpha value is -2.41. The zero-order valence-corrected chi connectivity index (χ0v) is 11.0. The van der Waals surface area contributed by atoms with E-state index in [-0.39, 0.29) is 12.5 Å². The Kier molecular flexibility index (Phi) is 4.31. The summed E-state index contributed by atoms with van der Waals surface area (Å²) in [7, 11) is 1.53. The van der Waals surface area contributed by atoms with E-state index >= 15 is 0 Å². The Labute approximate surface area is 114 Å². The highest BCUT2D eigenvalue weighted by Gasteiger charge is 2.10. The van der Waals surface area contributed by atoms with Crippen LogP contribution in [0.4, 0.5) is 0 Å². The molecule has 1 heterocycles. The van der Waals surface area contributed by atoms with Gasteiger partial charge in [0, 0.05) is 13.7 Å². The lowest BCUT2D eigenvalue weighted by molar-refractivity contribution is -0.121. The number of nitrogens with zero attached hydrogens (tertiary/aromatic N) is 1. The normalized spacial score (nSPS) is 10.7. The van der Waals surface area contributed by atoms with Gasteiger partial charge in [-0.25, -0.2) is 0 Å². The van der Waals surface area contributed by atoms with E-state index in [1.54, 1.807) is 24.3 Å². The number of methoxy groups -OCH3 is 1. The molecule has 0 atom stereocenters. The van der Waals surface area contributed by atoms with Crippen LogP contribution in [0.2, 0.25) is 0 Å². The molecule has 0 unspecified atom stereocenters. The first kappa shape index (κ1) is 14.0. The molecule has 0 saturated carbocycles. The number of rotatable bonds is 5. The molecule has 7 nitrogen and oxygen atoms in total. The number of carbonyl (C=O) groups is 1. The third kappa shape index (κ3) is 2.94. The number of amides is 1. The highest BCUT2D eigenvalue weighted by Crippen LogP contribution is 2.06. The van der Waals surface area contributed by atoms with Crippen molar-refractivity contribution in [2.75, 3.05) is 20.3 Å². The van der Waals surface area contributed by atoms with Crippen LogP contribution in [0.5, 0.6) is 0 Å². The number of para-hydroxylation sites is 2. The molecule has 1 aromatic heterocycles. The Morgan fingerprint density at radius 2 is 2.10 bits per heavy atom. The molecule has 0 aliphatic rings. The monoisotopic (exact) mass is 277 g/mol. The largest absolute Gasteiger partial charge is 0.383 e. The second-order valence-corrected chi connectivity index (χ2v) is 4.21. The van der Waals surface area contributed by atoms with Crippen molar-refractivity contribution < 1.29 is 9.53 Å². The lowest BCUT2D eigenvalue weighted by Crippen LogP contribution is -2.40. The first-order chi connectivity index (χ1) is 9.63. The van der Waals surface area contributed by atoms with E-state index in [1.807, 2.05) is 0 Å². The van der Waals surface area contributed by atoms with Gasteiger partial charge in [-0.1, -0.05) is 12.1 Å². The second kappa shape index (κ2) is 6.16. The van der Waals surface area contributed by atoms with Crippen molar-refractivity contribution in [3.63, 3.8) is 0 Å². The maximum atomic E-state index is 11.9. The molecular weight excluding hydrogens is 262 g/mol. The summed E-state index contributed by atoms with van der Waals surface area (Å²) in [6.07, 6.45) is 0. The van der Waals surface area contributed by atoms with Gasteiger partial charge in [-0.3, -0.25) is 19.0 Å². The fourth-order valence-electron chi connectivity index (χ4n) is 1.87. The summed E-state index contributed by atoms with van der Waals surface area (Å²) in [5, 5.41) is 2.61. The van der Waals surface area contributed by atoms with Gasteiger partial charge in [-0.05, 0) is 12.1 Å². The number of ether oxygens (including phenoxy) is 1. The van der Waals surface area contributed by atoms with Gasteiger partial charge in [0.15, 0.2) is 0 Å². The van der Waals surface area contributed by atoms with Gasteiger partial charge >= 0.3 is 11.1 Å². The average Bonchev–Trinajstić information content (AvgIpc) is 2.44. The van der Waals surface area contributed by atoms with E-state index in [1.165, 1.54) is 7.11 Å². The number of benzene rings is 1. The molecule has 20 heavy (non-hydrogen) atoms. The minimum atomic E-state index is -0.745. The van der Waals surface area contributed by atoms with Gasteiger partial charge in [0.25, 0.3) is 0 Å². The van der Waals surface area contributed by atoms with Crippen LogP contribution >= 0.6 is 0 Å². The molecule has 0 aliphatic heterocycles. The van der Waals surface area contributed by atoms with Gasteiger partial charge < -0.3 is 15.0 Å². The predicted octanol–water partition coefficient (Wildman–Crippen LogP) is -0.548. The molecule has 0 aliphatic carbocycles. The molecule has 0 spiro atoms. The molecule has 2 aromatic rings. The molecule has 0 radical (unpaired) electrons. The van der Waals surface area contributed by atoms with Crippen LogP contribution in [0.1, 0.15) is 0 Å². The van der Waals surface area contributed by atoms with Crippen LogP contribution in [0.15, 0.2) is 33.9 Å². The van der Waals surface area contributed by atoms with Gasteiger partial charge in [0.05, 0.1) is 17.6 Å². The van der Waals surface area contributed by atoms with Gasteiger partial charge in [-0.15, -0.1) is 0 Å². The third-order valence-electron chi connectivity index (χ3n) is 2.81. The molecule has 0 saturated heterocycles. The predicted molar refractivity (Wildman–Crippen MR) is 73.7 cm³/mol. The van der Waals surface area contributed by atoms with Crippen molar-refractivity contribution in [1.82, 2.24) is 14.9 Å². The van der Waals surface area contributed by atoms with Crippen molar-refractivity contribution in [3.05, 3.63) is 45.0 Å². The SMILES string of the molecule is COCCNC(=O)Cn1c(=O)c(=O)[nH]c2ccccc21. The summed E-state index contributed by atoms with van der Waals surface area (Å²) in [6, 6.07) is 6.83. The summed E-state index contributed by atoms with van der Waals surface area (Å²) in [5.41, 5.74) is -0.459. The molecule has 1 amide bonds. The summed E-state index contributed by atoms with van der Waals surface area (Å²) in [6.45, 7) is 0.537. The van der Waals surface area contributed by atoms with E-state index in [4.69, 9.17) is 4.74 Å². The number of aromatic amines is 1. The Bertz CT molecular complexity index is 732. The lowest BCUT2D eigenvalue weighted by Gasteiger charge is -2.09. The van der Waals surface area contributed by atoms with Crippen molar-refractivity contribution >= 4 is 16.9 Å². The molecule has 0 bridgehead atoms. The Balaban J connectivity index is 2.33. The van der Waals surface area contributed by atoms with Crippen molar-refractivity contribution in [2.45, 2.75) is 6.54 Å². The number of H-pyrrole nitrogens is 1. The molecule has 1 aromatic carbocycles. The summed E-state index contributed by atoms with van der Waals surface area (Å²) in [5.74, 6) is -0.347. The lowest BCUT2D eigenvalue weighted by atomic mass is 10.3. The van der Waals surface area contributed by atoms with Gasteiger partial charge in [0.2, 0.25) is 5.91 Å². The van der Waals surface area contributed by atoms with Crippen molar-refractivity contribution in [3.8, 4) is 0 Å². The van der Waals surface area contributed by atoms with Crippen LogP contribution in [0.3, 0.4) is 0 Å². The maximum absolute atomic E-state index is 11.9.